The predicted octanol–water partition coefficient (Wildman–Crippen LogP) is 2.40. The highest BCUT2D eigenvalue weighted by Gasteiger charge is 2.09. The number of hydrogen-bond acceptors (Lipinski definition) is 2. The molecule has 3 N–H and O–H groups in total. The third-order valence-electron chi connectivity index (χ3n) is 2.14. The van der Waals surface area contributed by atoms with E-state index in [2.05, 4.69) is 16.5 Å². The molecule has 0 radical (unpaired) electrons. The summed E-state index contributed by atoms with van der Waals surface area (Å²) in [6.45, 7) is 3.65. The topological polar surface area (TPSA) is 54.7 Å². The number of nitrogens with zero attached hydrogens (tertiary/aromatic N) is 1. The Morgan fingerprint density at radius 2 is 2.43 bits per heavy atom. The van der Waals surface area contributed by atoms with Gasteiger partial charge in [-0.25, -0.2) is 4.98 Å². The van der Waals surface area contributed by atoms with Crippen molar-refractivity contribution in [2.24, 2.45) is 5.73 Å². The van der Waals surface area contributed by atoms with Crippen LogP contribution in [0, 0.1) is 0 Å². The molecule has 0 fully saturated rings. The van der Waals surface area contributed by atoms with Crippen molar-refractivity contribution in [1.29, 1.82) is 0 Å². The lowest BCUT2D eigenvalue weighted by atomic mass is 10.1. The van der Waals surface area contributed by atoms with E-state index in [0.717, 1.165) is 16.6 Å². The smallest absolute Gasteiger partial charge is 0.137 e. The number of nitrogens with one attached hydrogen (secondary N) is 1. The first-order valence-corrected chi connectivity index (χ1v) is 4.61. The maximum atomic E-state index is 5.85. The van der Waals surface area contributed by atoms with Gasteiger partial charge in [0.05, 0.1) is 5.02 Å². The van der Waals surface area contributed by atoms with Gasteiger partial charge < -0.3 is 10.7 Å². The highest BCUT2D eigenvalue weighted by atomic mass is 35.5. The largest absolute Gasteiger partial charge is 0.346 e. The molecule has 0 amide bonds. The van der Waals surface area contributed by atoms with E-state index >= 15 is 0 Å². The van der Waals surface area contributed by atoms with Gasteiger partial charge >= 0.3 is 0 Å². The lowest BCUT2D eigenvalue weighted by Crippen LogP contribution is -2.05. The maximum absolute atomic E-state index is 5.85. The molecule has 2 rings (SSSR count). The Morgan fingerprint density at radius 3 is 3.14 bits per heavy atom. The van der Waals surface area contributed by atoms with E-state index in [-0.39, 0.29) is 6.04 Å². The molecule has 2 aromatic heterocycles. The van der Waals surface area contributed by atoms with E-state index in [1.165, 1.54) is 0 Å². The minimum absolute atomic E-state index is 0.191. The fourth-order valence-electron chi connectivity index (χ4n) is 1.40. The Balaban J connectivity index is 2.66. The normalized spacial score (nSPS) is 13.0. The van der Waals surface area contributed by atoms with Crippen LogP contribution in [0.5, 0.6) is 0 Å². The number of rotatable bonds is 2. The number of aromatic nitrogens is 2. The van der Waals surface area contributed by atoms with Crippen LogP contribution in [-0.2, 0) is 0 Å². The molecule has 4 heteroatoms. The van der Waals surface area contributed by atoms with Crippen LogP contribution in [0.4, 0.5) is 0 Å². The summed E-state index contributed by atoms with van der Waals surface area (Å²) in [5, 5.41) is 1.56. The molecule has 0 saturated carbocycles. The number of H-pyrrole nitrogens is 1. The second kappa shape index (κ2) is 3.44. The number of aromatic amines is 1. The van der Waals surface area contributed by atoms with E-state index in [1.54, 1.807) is 12.3 Å². The molecule has 0 aromatic carbocycles. The van der Waals surface area contributed by atoms with E-state index in [4.69, 9.17) is 17.3 Å². The molecule has 14 heavy (non-hydrogen) atoms. The molecular formula is C10H10ClN3. The Bertz CT molecular complexity index is 475. The van der Waals surface area contributed by atoms with Crippen LogP contribution in [0.2, 0.25) is 5.02 Å². The lowest BCUT2D eigenvalue weighted by Gasteiger charge is -2.03. The number of nitrogens with two attached hydrogens (primary N) is 1. The number of fused-ring (bicyclic) bond motifs is 1. The molecule has 0 spiro atoms. The minimum atomic E-state index is -0.191. The van der Waals surface area contributed by atoms with Gasteiger partial charge in [-0.2, -0.15) is 0 Å². The van der Waals surface area contributed by atoms with Crippen LogP contribution in [0.15, 0.2) is 31.1 Å². The summed E-state index contributed by atoms with van der Waals surface area (Å²) in [5.74, 6) is 0. The van der Waals surface area contributed by atoms with Crippen molar-refractivity contribution in [3.05, 3.63) is 41.7 Å². The van der Waals surface area contributed by atoms with Gasteiger partial charge in [0.2, 0.25) is 0 Å². The molecule has 0 unspecified atom stereocenters. The van der Waals surface area contributed by atoms with E-state index in [1.807, 2.05) is 12.3 Å². The summed E-state index contributed by atoms with van der Waals surface area (Å²) in [4.78, 5) is 7.17. The average molecular weight is 208 g/mol. The number of pyridine rings is 1. The van der Waals surface area contributed by atoms with Crippen molar-refractivity contribution in [1.82, 2.24) is 9.97 Å². The third-order valence-corrected chi connectivity index (χ3v) is 2.35. The third kappa shape index (κ3) is 1.41. The summed E-state index contributed by atoms with van der Waals surface area (Å²) >= 11 is 5.85. The zero-order chi connectivity index (χ0) is 10.1. The zero-order valence-corrected chi connectivity index (χ0v) is 8.25. The molecule has 0 aliphatic heterocycles. The molecule has 0 bridgehead atoms. The first-order chi connectivity index (χ1) is 6.72. The summed E-state index contributed by atoms with van der Waals surface area (Å²) in [7, 11) is 0. The highest BCUT2D eigenvalue weighted by Crippen LogP contribution is 2.24. The van der Waals surface area contributed by atoms with Gasteiger partial charge in [-0.3, -0.25) is 0 Å². The Hall–Kier alpha value is -1.32. The van der Waals surface area contributed by atoms with Crippen LogP contribution in [-0.4, -0.2) is 9.97 Å². The van der Waals surface area contributed by atoms with Gasteiger partial charge in [-0.05, 0) is 11.6 Å². The van der Waals surface area contributed by atoms with Crippen molar-refractivity contribution in [3.8, 4) is 0 Å². The second-order valence-electron chi connectivity index (χ2n) is 3.06. The van der Waals surface area contributed by atoms with Crippen molar-refractivity contribution in [2.45, 2.75) is 6.04 Å². The summed E-state index contributed by atoms with van der Waals surface area (Å²) in [6.07, 6.45) is 5.12. The molecule has 0 saturated heterocycles. The van der Waals surface area contributed by atoms with Gasteiger partial charge in [0.1, 0.15) is 5.65 Å². The second-order valence-corrected chi connectivity index (χ2v) is 3.49. The average Bonchev–Trinajstić information content (AvgIpc) is 2.59. The summed E-state index contributed by atoms with van der Waals surface area (Å²) in [5.41, 5.74) is 7.60. The van der Waals surface area contributed by atoms with Gasteiger partial charge in [-0.1, -0.05) is 17.7 Å². The number of hydrogen-bond donors (Lipinski definition) is 2. The fourth-order valence-corrected chi connectivity index (χ4v) is 1.56. The summed E-state index contributed by atoms with van der Waals surface area (Å²) < 4.78 is 0. The Kier molecular flexibility index (Phi) is 2.27. The van der Waals surface area contributed by atoms with Crippen LogP contribution in [0.1, 0.15) is 11.6 Å². The van der Waals surface area contributed by atoms with Crippen molar-refractivity contribution in [2.75, 3.05) is 0 Å². The van der Waals surface area contributed by atoms with E-state index in [0.29, 0.717) is 5.02 Å². The van der Waals surface area contributed by atoms with Crippen molar-refractivity contribution < 1.29 is 0 Å². The van der Waals surface area contributed by atoms with Gasteiger partial charge in [0, 0.05) is 23.8 Å². The van der Waals surface area contributed by atoms with Gasteiger partial charge in [-0.15, -0.1) is 6.58 Å². The molecule has 72 valence electrons. The first-order valence-electron chi connectivity index (χ1n) is 4.23. The minimum Gasteiger partial charge on any atom is -0.346 e. The quantitative estimate of drug-likeness (QED) is 0.743. The molecule has 3 nitrogen and oxygen atoms in total. The lowest BCUT2D eigenvalue weighted by molar-refractivity contribution is 0.924. The SMILES string of the molecule is C=C[C@H](N)c1c[nH]c2ncc(Cl)cc12. The van der Waals surface area contributed by atoms with Crippen molar-refractivity contribution >= 4 is 22.6 Å². The fraction of sp³-hybridized carbons (Fsp3) is 0.100. The molecule has 0 aliphatic carbocycles. The first kappa shape index (κ1) is 9.24. The summed E-state index contributed by atoms with van der Waals surface area (Å²) in [6, 6.07) is 1.66. The molecular weight excluding hydrogens is 198 g/mol. The molecule has 2 aromatic rings. The highest BCUT2D eigenvalue weighted by molar-refractivity contribution is 6.31. The van der Waals surface area contributed by atoms with Crippen LogP contribution in [0.3, 0.4) is 0 Å². The van der Waals surface area contributed by atoms with Crippen LogP contribution < -0.4 is 5.73 Å². The molecule has 1 atom stereocenters. The number of halogens is 1. The van der Waals surface area contributed by atoms with Crippen LogP contribution >= 0.6 is 11.6 Å². The molecule has 0 aliphatic rings. The molecule has 2 heterocycles. The van der Waals surface area contributed by atoms with Crippen LogP contribution in [0.25, 0.3) is 11.0 Å². The predicted molar refractivity (Wildman–Crippen MR) is 58.2 cm³/mol. The Morgan fingerprint density at radius 1 is 1.64 bits per heavy atom. The van der Waals surface area contributed by atoms with E-state index < -0.39 is 0 Å². The monoisotopic (exact) mass is 207 g/mol. The standard InChI is InChI=1S/C10H10ClN3/c1-2-9(12)8-5-14-10-7(8)3-6(11)4-13-10/h2-5,9H,1,12H2,(H,13,14)/t9-/m0/s1. The van der Waals surface area contributed by atoms with E-state index in [9.17, 15) is 0 Å². The van der Waals surface area contributed by atoms with Crippen molar-refractivity contribution in [3.63, 3.8) is 0 Å². The van der Waals surface area contributed by atoms with Gasteiger partial charge in [0.25, 0.3) is 0 Å². The maximum Gasteiger partial charge on any atom is 0.137 e. The Labute approximate surface area is 86.6 Å². The zero-order valence-electron chi connectivity index (χ0n) is 7.50. The van der Waals surface area contributed by atoms with Gasteiger partial charge in [0.15, 0.2) is 0 Å².